The number of nitrogens with one attached hydrogen (secondary N) is 3. The van der Waals surface area contributed by atoms with Crippen LogP contribution in [0.5, 0.6) is 0 Å². The number of halogens is 3. The number of aromatic amines is 1. The van der Waals surface area contributed by atoms with E-state index < -0.39 is 17.9 Å². The number of carbonyl (C=O) groups is 1. The zero-order valence-corrected chi connectivity index (χ0v) is 15.8. The van der Waals surface area contributed by atoms with Crippen molar-refractivity contribution in [2.75, 3.05) is 10.6 Å². The van der Waals surface area contributed by atoms with E-state index in [9.17, 15) is 18.0 Å². The van der Waals surface area contributed by atoms with E-state index in [0.29, 0.717) is 11.5 Å². The van der Waals surface area contributed by atoms with Crippen LogP contribution in [0.3, 0.4) is 0 Å². The number of aromatic nitrogens is 7. The standard InChI is InChI=1S/C18H14F3N9O/c1-10-23-14(29-30(10)17-26-16(27-28-17)18(19,20)21)15(31)25-12-7-8-13(22-9-12)24-11-5-3-2-4-6-11/h2-9H,1H3,(H,22,24)(H,25,31)(H,26,27,28). The van der Waals surface area contributed by atoms with Gasteiger partial charge in [-0.05, 0) is 31.2 Å². The summed E-state index contributed by atoms with van der Waals surface area (Å²) in [6.07, 6.45) is -3.24. The Morgan fingerprint density at radius 2 is 1.84 bits per heavy atom. The second-order valence-corrected chi connectivity index (χ2v) is 6.25. The molecule has 4 rings (SSSR count). The van der Waals surface area contributed by atoms with Gasteiger partial charge in [0.05, 0.1) is 11.9 Å². The molecule has 0 bridgehead atoms. The zero-order chi connectivity index (χ0) is 22.0. The molecule has 1 aromatic carbocycles. The Bertz CT molecular complexity index is 1200. The van der Waals surface area contributed by atoms with Gasteiger partial charge in [0.15, 0.2) is 0 Å². The van der Waals surface area contributed by atoms with Gasteiger partial charge in [-0.15, -0.1) is 10.2 Å². The van der Waals surface area contributed by atoms with Crippen LogP contribution < -0.4 is 10.6 Å². The minimum Gasteiger partial charge on any atom is -0.340 e. The van der Waals surface area contributed by atoms with Crippen molar-refractivity contribution in [1.82, 2.24) is 34.9 Å². The number of amides is 1. The Kier molecular flexibility index (Phi) is 5.07. The Morgan fingerprint density at radius 1 is 1.06 bits per heavy atom. The highest BCUT2D eigenvalue weighted by molar-refractivity contribution is 6.01. The van der Waals surface area contributed by atoms with Crippen LogP contribution in [0.2, 0.25) is 0 Å². The number of aryl methyl sites for hydroxylation is 1. The van der Waals surface area contributed by atoms with Crippen LogP contribution in [-0.4, -0.2) is 40.8 Å². The molecular weight excluding hydrogens is 415 g/mol. The molecule has 0 atom stereocenters. The number of rotatable bonds is 5. The molecule has 13 heteroatoms. The number of nitrogens with zero attached hydrogens (tertiary/aromatic N) is 6. The monoisotopic (exact) mass is 429 g/mol. The predicted molar refractivity (Wildman–Crippen MR) is 103 cm³/mol. The maximum absolute atomic E-state index is 12.7. The first-order valence-electron chi connectivity index (χ1n) is 8.83. The number of hydrogen-bond acceptors (Lipinski definition) is 7. The van der Waals surface area contributed by atoms with E-state index in [1.807, 2.05) is 30.3 Å². The molecule has 0 aliphatic carbocycles. The molecule has 0 aliphatic heterocycles. The number of pyridine rings is 1. The second kappa shape index (κ2) is 7.85. The maximum Gasteiger partial charge on any atom is 0.451 e. The van der Waals surface area contributed by atoms with Gasteiger partial charge in [0, 0.05) is 5.69 Å². The van der Waals surface area contributed by atoms with E-state index >= 15 is 0 Å². The van der Waals surface area contributed by atoms with Gasteiger partial charge < -0.3 is 10.6 Å². The van der Waals surface area contributed by atoms with E-state index in [4.69, 9.17) is 0 Å². The first kappa shape index (κ1) is 20.0. The van der Waals surface area contributed by atoms with Crippen LogP contribution in [0, 0.1) is 6.92 Å². The van der Waals surface area contributed by atoms with Crippen LogP contribution in [0.4, 0.5) is 30.4 Å². The minimum absolute atomic E-state index is 0.137. The van der Waals surface area contributed by atoms with Crippen LogP contribution >= 0.6 is 0 Å². The number of alkyl halides is 3. The number of para-hydroxylation sites is 1. The summed E-state index contributed by atoms with van der Waals surface area (Å²) >= 11 is 0. The Balaban J connectivity index is 1.45. The lowest BCUT2D eigenvalue weighted by Gasteiger charge is -2.06. The topological polar surface area (TPSA) is 126 Å². The second-order valence-electron chi connectivity index (χ2n) is 6.25. The van der Waals surface area contributed by atoms with Crippen LogP contribution in [0.1, 0.15) is 22.3 Å². The van der Waals surface area contributed by atoms with Gasteiger partial charge in [0.25, 0.3) is 11.9 Å². The zero-order valence-electron chi connectivity index (χ0n) is 15.8. The highest BCUT2D eigenvalue weighted by Gasteiger charge is 2.35. The van der Waals surface area contributed by atoms with Crippen molar-refractivity contribution in [3.63, 3.8) is 0 Å². The number of benzene rings is 1. The minimum atomic E-state index is -4.69. The summed E-state index contributed by atoms with van der Waals surface area (Å²) in [6.45, 7) is 1.46. The molecule has 3 N–H and O–H groups in total. The Hall–Kier alpha value is -4.29. The van der Waals surface area contributed by atoms with Crippen molar-refractivity contribution < 1.29 is 18.0 Å². The van der Waals surface area contributed by atoms with Gasteiger partial charge in [-0.1, -0.05) is 18.2 Å². The number of H-pyrrole nitrogens is 1. The van der Waals surface area contributed by atoms with Gasteiger partial charge in [-0.2, -0.15) is 22.8 Å². The highest BCUT2D eigenvalue weighted by atomic mass is 19.4. The first-order valence-corrected chi connectivity index (χ1v) is 8.83. The Morgan fingerprint density at radius 3 is 2.48 bits per heavy atom. The van der Waals surface area contributed by atoms with E-state index in [-0.39, 0.29) is 17.6 Å². The van der Waals surface area contributed by atoms with Crippen LogP contribution in [0.25, 0.3) is 5.95 Å². The fourth-order valence-electron chi connectivity index (χ4n) is 2.55. The van der Waals surface area contributed by atoms with Crippen molar-refractivity contribution in [1.29, 1.82) is 0 Å². The molecule has 0 radical (unpaired) electrons. The normalized spacial score (nSPS) is 11.4. The molecule has 0 saturated heterocycles. The van der Waals surface area contributed by atoms with Crippen molar-refractivity contribution in [2.45, 2.75) is 13.1 Å². The maximum atomic E-state index is 12.7. The molecule has 0 spiro atoms. The lowest BCUT2D eigenvalue weighted by molar-refractivity contribution is -0.144. The van der Waals surface area contributed by atoms with E-state index in [1.165, 1.54) is 13.1 Å². The van der Waals surface area contributed by atoms with E-state index in [0.717, 1.165) is 10.4 Å². The molecule has 0 unspecified atom stereocenters. The highest BCUT2D eigenvalue weighted by Crippen LogP contribution is 2.26. The summed E-state index contributed by atoms with van der Waals surface area (Å²) in [7, 11) is 0. The third-order valence-electron chi connectivity index (χ3n) is 3.97. The molecule has 3 aromatic heterocycles. The molecule has 0 fully saturated rings. The van der Waals surface area contributed by atoms with Gasteiger partial charge in [0.2, 0.25) is 11.6 Å². The summed E-state index contributed by atoms with van der Waals surface area (Å²) in [4.78, 5) is 23.9. The summed E-state index contributed by atoms with van der Waals surface area (Å²) in [6, 6.07) is 12.7. The number of carbonyl (C=O) groups excluding carboxylic acids is 1. The SMILES string of the molecule is Cc1nc(C(=O)Nc2ccc(Nc3ccccc3)nc2)nn1-c1n[nH]c(C(F)(F)F)n1. The first-order chi connectivity index (χ1) is 14.8. The third kappa shape index (κ3) is 4.49. The van der Waals surface area contributed by atoms with Crippen molar-refractivity contribution in [3.8, 4) is 5.95 Å². The lowest BCUT2D eigenvalue weighted by Crippen LogP contribution is -2.14. The summed E-state index contributed by atoms with van der Waals surface area (Å²) in [5, 5.41) is 14.8. The molecule has 158 valence electrons. The molecular formula is C18H14F3N9O. The summed E-state index contributed by atoms with van der Waals surface area (Å²) in [5.74, 6) is -1.87. The van der Waals surface area contributed by atoms with Crippen LogP contribution in [0.15, 0.2) is 48.7 Å². The van der Waals surface area contributed by atoms with E-state index in [2.05, 4.69) is 35.8 Å². The molecule has 0 saturated carbocycles. The molecule has 1 amide bonds. The average Bonchev–Trinajstić information content (AvgIpc) is 3.37. The average molecular weight is 429 g/mol. The Labute approximate surface area is 172 Å². The van der Waals surface area contributed by atoms with Crippen molar-refractivity contribution >= 4 is 23.1 Å². The molecule has 4 aromatic rings. The molecule has 10 nitrogen and oxygen atoms in total. The lowest BCUT2D eigenvalue weighted by atomic mass is 10.3. The fourth-order valence-corrected chi connectivity index (χ4v) is 2.55. The fraction of sp³-hybridized carbons (Fsp3) is 0.111. The molecule has 0 aliphatic rings. The largest absolute Gasteiger partial charge is 0.451 e. The van der Waals surface area contributed by atoms with Gasteiger partial charge in [0.1, 0.15) is 11.6 Å². The summed E-state index contributed by atoms with van der Waals surface area (Å²) < 4.78 is 39.0. The quantitative estimate of drug-likeness (QED) is 0.445. The van der Waals surface area contributed by atoms with E-state index in [1.54, 1.807) is 17.2 Å². The predicted octanol–water partition coefficient (Wildman–Crippen LogP) is 3.10. The van der Waals surface area contributed by atoms with Gasteiger partial charge >= 0.3 is 6.18 Å². The molecule has 31 heavy (non-hydrogen) atoms. The van der Waals surface area contributed by atoms with Gasteiger partial charge in [-0.25, -0.2) is 9.97 Å². The van der Waals surface area contributed by atoms with Crippen molar-refractivity contribution in [2.24, 2.45) is 0 Å². The van der Waals surface area contributed by atoms with Crippen LogP contribution in [-0.2, 0) is 6.18 Å². The smallest absolute Gasteiger partial charge is 0.340 e. The number of anilines is 3. The molecule has 3 heterocycles. The summed E-state index contributed by atoms with van der Waals surface area (Å²) in [5.41, 5.74) is 1.24. The van der Waals surface area contributed by atoms with Crippen molar-refractivity contribution in [3.05, 3.63) is 66.1 Å². The number of hydrogen-bond donors (Lipinski definition) is 3. The third-order valence-corrected chi connectivity index (χ3v) is 3.97. The van der Waals surface area contributed by atoms with Gasteiger partial charge in [-0.3, -0.25) is 9.89 Å².